The van der Waals surface area contributed by atoms with Gasteiger partial charge in [0.05, 0.1) is 0 Å². The first-order valence-electron chi connectivity index (χ1n) is 4.34. The molecule has 1 aromatic carbocycles. The number of carbonyl (C=O) groups is 1. The van der Waals surface area contributed by atoms with Crippen LogP contribution in [0.2, 0.25) is 0 Å². The van der Waals surface area contributed by atoms with Crippen LogP contribution in [0.25, 0.3) is 6.08 Å². The molecule has 0 aliphatic heterocycles. The Morgan fingerprint density at radius 1 is 1.31 bits per heavy atom. The summed E-state index contributed by atoms with van der Waals surface area (Å²) in [6, 6.07) is 6.23. The van der Waals surface area contributed by atoms with E-state index in [0.29, 0.717) is 0 Å². The number of aryl methyl sites for hydroxylation is 2. The Morgan fingerprint density at radius 2 is 2.00 bits per heavy atom. The van der Waals surface area contributed by atoms with Gasteiger partial charge in [-0.2, -0.15) is 0 Å². The van der Waals surface area contributed by atoms with E-state index < -0.39 is 0 Å². The number of hydrogen-bond donors (Lipinski definition) is 0. The minimum absolute atomic E-state index is 0.758. The van der Waals surface area contributed by atoms with Crippen LogP contribution in [0.4, 0.5) is 0 Å². The van der Waals surface area contributed by atoms with Gasteiger partial charge in [-0.15, -0.1) is 0 Å². The van der Waals surface area contributed by atoms with Gasteiger partial charge in [0.1, 0.15) is 6.29 Å². The summed E-state index contributed by atoms with van der Waals surface area (Å²) in [5.41, 5.74) is 4.31. The lowest BCUT2D eigenvalue weighted by Gasteiger charge is -2.01. The van der Waals surface area contributed by atoms with E-state index in [0.717, 1.165) is 17.4 Å². The summed E-state index contributed by atoms with van der Waals surface area (Å²) < 4.78 is 0. The van der Waals surface area contributed by atoms with Crippen LogP contribution in [0.5, 0.6) is 0 Å². The van der Waals surface area contributed by atoms with Gasteiger partial charge in [-0.05, 0) is 43.5 Å². The quantitative estimate of drug-likeness (QED) is 0.497. The van der Waals surface area contributed by atoms with E-state index in [4.69, 9.17) is 0 Å². The summed E-state index contributed by atoms with van der Waals surface area (Å²) in [5.74, 6) is 0. The van der Waals surface area contributed by atoms with Crippen LogP contribution in [0.15, 0.2) is 23.8 Å². The van der Waals surface area contributed by atoms with Crippen molar-refractivity contribution in [2.75, 3.05) is 0 Å². The fourth-order valence-corrected chi connectivity index (χ4v) is 1.19. The average Bonchev–Trinajstić information content (AvgIpc) is 2.11. The molecule has 68 valence electrons. The van der Waals surface area contributed by atoms with Gasteiger partial charge in [0.2, 0.25) is 0 Å². The van der Waals surface area contributed by atoms with E-state index in [1.807, 2.05) is 26.8 Å². The van der Waals surface area contributed by atoms with Crippen molar-refractivity contribution in [3.8, 4) is 0 Å². The fourth-order valence-electron chi connectivity index (χ4n) is 1.19. The van der Waals surface area contributed by atoms with Crippen LogP contribution in [-0.4, -0.2) is 6.29 Å². The van der Waals surface area contributed by atoms with Gasteiger partial charge in [-0.3, -0.25) is 4.79 Å². The second-order valence-corrected chi connectivity index (χ2v) is 3.37. The summed E-state index contributed by atoms with van der Waals surface area (Å²) in [5, 5.41) is 0. The SMILES string of the molecule is C/C(C=O)=C\c1cc(C)ccc1C. The summed E-state index contributed by atoms with van der Waals surface area (Å²) >= 11 is 0. The number of aldehydes is 1. The molecule has 13 heavy (non-hydrogen) atoms. The molecule has 1 heteroatoms. The van der Waals surface area contributed by atoms with Crippen molar-refractivity contribution in [3.05, 3.63) is 40.5 Å². The zero-order valence-corrected chi connectivity index (χ0v) is 8.29. The molecule has 0 saturated heterocycles. The monoisotopic (exact) mass is 174 g/mol. The largest absolute Gasteiger partial charge is 0.298 e. The van der Waals surface area contributed by atoms with Crippen molar-refractivity contribution in [1.29, 1.82) is 0 Å². The first-order valence-corrected chi connectivity index (χ1v) is 4.34. The molecule has 0 aromatic heterocycles. The molecule has 1 aromatic rings. The minimum Gasteiger partial charge on any atom is -0.298 e. The predicted octanol–water partition coefficient (Wildman–Crippen LogP) is 2.91. The number of rotatable bonds is 2. The molecular weight excluding hydrogens is 160 g/mol. The van der Waals surface area contributed by atoms with Crippen molar-refractivity contribution in [2.24, 2.45) is 0 Å². The molecule has 0 fully saturated rings. The van der Waals surface area contributed by atoms with E-state index in [1.54, 1.807) is 0 Å². The Bertz CT molecular complexity index is 348. The molecule has 0 bridgehead atoms. The van der Waals surface area contributed by atoms with E-state index in [1.165, 1.54) is 11.1 Å². The third-order valence-electron chi connectivity index (χ3n) is 2.00. The van der Waals surface area contributed by atoms with Crippen LogP contribution in [0.3, 0.4) is 0 Å². The smallest absolute Gasteiger partial charge is 0.145 e. The van der Waals surface area contributed by atoms with E-state index in [9.17, 15) is 4.79 Å². The first-order chi connectivity index (χ1) is 6.13. The molecule has 0 spiro atoms. The molecule has 0 saturated carbocycles. The Kier molecular flexibility index (Phi) is 3.02. The van der Waals surface area contributed by atoms with Gasteiger partial charge < -0.3 is 0 Å². The average molecular weight is 174 g/mol. The van der Waals surface area contributed by atoms with Gasteiger partial charge in [-0.1, -0.05) is 23.8 Å². The van der Waals surface area contributed by atoms with Crippen LogP contribution < -0.4 is 0 Å². The normalized spacial score (nSPS) is 11.5. The second kappa shape index (κ2) is 4.04. The first kappa shape index (κ1) is 9.72. The zero-order chi connectivity index (χ0) is 9.84. The van der Waals surface area contributed by atoms with Crippen LogP contribution in [0, 0.1) is 13.8 Å². The molecule has 0 aliphatic carbocycles. The maximum absolute atomic E-state index is 10.4. The lowest BCUT2D eigenvalue weighted by atomic mass is 10.0. The van der Waals surface area contributed by atoms with E-state index in [2.05, 4.69) is 18.2 Å². The zero-order valence-electron chi connectivity index (χ0n) is 8.29. The Balaban J connectivity index is 3.13. The maximum Gasteiger partial charge on any atom is 0.145 e. The minimum atomic E-state index is 0.758. The Hall–Kier alpha value is -1.37. The molecule has 1 rings (SSSR count). The summed E-state index contributed by atoms with van der Waals surface area (Å²) in [6.07, 6.45) is 2.79. The van der Waals surface area contributed by atoms with Crippen molar-refractivity contribution in [1.82, 2.24) is 0 Å². The highest BCUT2D eigenvalue weighted by Crippen LogP contribution is 2.13. The highest BCUT2D eigenvalue weighted by molar-refractivity contribution is 5.81. The van der Waals surface area contributed by atoms with Crippen LogP contribution in [-0.2, 0) is 4.79 Å². The number of benzene rings is 1. The number of hydrogen-bond acceptors (Lipinski definition) is 1. The molecular formula is C12H14O. The van der Waals surface area contributed by atoms with E-state index in [-0.39, 0.29) is 0 Å². The molecule has 0 aliphatic rings. The van der Waals surface area contributed by atoms with E-state index >= 15 is 0 Å². The molecule has 0 N–H and O–H groups in total. The van der Waals surface area contributed by atoms with Crippen molar-refractivity contribution < 1.29 is 4.79 Å². The fraction of sp³-hybridized carbons (Fsp3) is 0.250. The summed E-state index contributed by atoms with van der Waals surface area (Å²) in [7, 11) is 0. The van der Waals surface area contributed by atoms with Gasteiger partial charge in [-0.25, -0.2) is 0 Å². The molecule has 0 amide bonds. The predicted molar refractivity (Wildman–Crippen MR) is 55.6 cm³/mol. The Labute approximate surface area is 79.1 Å². The van der Waals surface area contributed by atoms with Crippen molar-refractivity contribution in [2.45, 2.75) is 20.8 Å². The molecule has 0 unspecified atom stereocenters. The Morgan fingerprint density at radius 3 is 2.62 bits per heavy atom. The van der Waals surface area contributed by atoms with Gasteiger partial charge in [0.15, 0.2) is 0 Å². The molecule has 1 nitrogen and oxygen atoms in total. The van der Waals surface area contributed by atoms with Crippen LogP contribution in [0.1, 0.15) is 23.6 Å². The topological polar surface area (TPSA) is 17.1 Å². The third kappa shape index (κ3) is 2.55. The lowest BCUT2D eigenvalue weighted by Crippen LogP contribution is -1.84. The van der Waals surface area contributed by atoms with Crippen LogP contribution >= 0.6 is 0 Å². The lowest BCUT2D eigenvalue weighted by molar-refractivity contribution is -0.104. The van der Waals surface area contributed by atoms with Gasteiger partial charge >= 0.3 is 0 Å². The molecule has 0 heterocycles. The maximum atomic E-state index is 10.4. The second-order valence-electron chi connectivity index (χ2n) is 3.37. The molecule has 0 radical (unpaired) electrons. The van der Waals surface area contributed by atoms with Gasteiger partial charge in [0.25, 0.3) is 0 Å². The number of carbonyl (C=O) groups excluding carboxylic acids is 1. The highest BCUT2D eigenvalue weighted by Gasteiger charge is 1.95. The highest BCUT2D eigenvalue weighted by atomic mass is 16.1. The van der Waals surface area contributed by atoms with Crippen molar-refractivity contribution in [3.63, 3.8) is 0 Å². The summed E-state index contributed by atoms with van der Waals surface area (Å²) in [4.78, 5) is 10.4. The number of allylic oxidation sites excluding steroid dienone is 1. The standard InChI is InChI=1S/C12H14O/c1-9-4-5-11(3)12(6-9)7-10(2)8-13/h4-8H,1-3H3/b10-7+. The van der Waals surface area contributed by atoms with Crippen molar-refractivity contribution >= 4 is 12.4 Å². The molecule has 0 atom stereocenters. The third-order valence-corrected chi connectivity index (χ3v) is 2.00. The van der Waals surface area contributed by atoms with Gasteiger partial charge in [0, 0.05) is 0 Å². The summed E-state index contributed by atoms with van der Waals surface area (Å²) in [6.45, 7) is 5.91.